The zero-order valence-electron chi connectivity index (χ0n) is 13.2. The molecule has 0 aliphatic rings. The van der Waals surface area contributed by atoms with Crippen molar-refractivity contribution < 1.29 is 13.3 Å². The molecule has 0 aromatic heterocycles. The van der Waals surface area contributed by atoms with Gasteiger partial charge in [-0.25, -0.2) is 0 Å². The number of hydrogen-bond acceptors (Lipinski definition) is 3. The van der Waals surface area contributed by atoms with E-state index in [1.165, 1.54) is 5.56 Å². The van der Waals surface area contributed by atoms with Crippen molar-refractivity contribution in [2.75, 3.05) is 19.8 Å². The zero-order valence-corrected chi connectivity index (χ0v) is 14.2. The fourth-order valence-electron chi connectivity index (χ4n) is 2.36. The number of rotatable bonds is 10. The first-order valence-corrected chi connectivity index (χ1v) is 9.44. The highest BCUT2D eigenvalue weighted by Gasteiger charge is 2.46. The Morgan fingerprint density at radius 1 is 0.900 bits per heavy atom. The number of aryl methyl sites for hydroxylation is 1. The minimum atomic E-state index is -2.55. The second-order valence-corrected chi connectivity index (χ2v) is 7.89. The largest absolute Gasteiger partial charge is 0.503 e. The van der Waals surface area contributed by atoms with Gasteiger partial charge < -0.3 is 13.3 Å². The summed E-state index contributed by atoms with van der Waals surface area (Å²) in [7, 11) is -2.55. The van der Waals surface area contributed by atoms with Crippen LogP contribution in [0.4, 0.5) is 0 Å². The summed E-state index contributed by atoms with van der Waals surface area (Å²) in [4.78, 5) is 0. The fourth-order valence-corrected chi connectivity index (χ4v) is 5.17. The Bertz CT molecular complexity index is 339. The van der Waals surface area contributed by atoms with Crippen LogP contribution in [0.15, 0.2) is 30.3 Å². The first-order valence-electron chi connectivity index (χ1n) is 7.64. The lowest BCUT2D eigenvalue weighted by Crippen LogP contribution is -2.49. The van der Waals surface area contributed by atoms with E-state index in [9.17, 15) is 0 Å². The molecule has 0 fully saturated rings. The third-order valence-corrected chi connectivity index (χ3v) is 6.92. The van der Waals surface area contributed by atoms with Crippen molar-refractivity contribution in [1.29, 1.82) is 0 Å². The standard InChI is InChI=1S/C16H28O3Si/c1-5-17-20(18-6-2,19-7-3)15(4)13-14-16-11-9-8-10-12-16/h8-12,15H,5-7,13-14H2,1-4H3. The van der Waals surface area contributed by atoms with Crippen LogP contribution in [0.25, 0.3) is 0 Å². The lowest BCUT2D eigenvalue weighted by Gasteiger charge is -2.33. The molecule has 0 saturated heterocycles. The van der Waals surface area contributed by atoms with Crippen LogP contribution in [0.2, 0.25) is 5.54 Å². The molecule has 0 aliphatic carbocycles. The molecule has 1 aromatic carbocycles. The third-order valence-electron chi connectivity index (χ3n) is 3.35. The number of benzene rings is 1. The molecule has 3 nitrogen and oxygen atoms in total. The molecule has 1 aromatic rings. The van der Waals surface area contributed by atoms with Gasteiger partial charge in [-0.2, -0.15) is 0 Å². The second-order valence-electron chi connectivity index (χ2n) is 4.83. The van der Waals surface area contributed by atoms with E-state index in [-0.39, 0.29) is 0 Å². The molecule has 0 N–H and O–H groups in total. The van der Waals surface area contributed by atoms with Gasteiger partial charge in [0, 0.05) is 25.4 Å². The van der Waals surface area contributed by atoms with Crippen LogP contribution in [0, 0.1) is 0 Å². The van der Waals surface area contributed by atoms with Crippen LogP contribution in [0.1, 0.15) is 39.7 Å². The molecular formula is C16H28O3Si. The minimum Gasteiger partial charge on any atom is -0.374 e. The van der Waals surface area contributed by atoms with Crippen molar-refractivity contribution in [3.63, 3.8) is 0 Å². The monoisotopic (exact) mass is 296 g/mol. The van der Waals surface area contributed by atoms with E-state index in [0.717, 1.165) is 12.8 Å². The predicted molar refractivity (Wildman–Crippen MR) is 84.8 cm³/mol. The molecule has 0 saturated carbocycles. The molecule has 0 spiro atoms. The summed E-state index contributed by atoms with van der Waals surface area (Å²) in [5, 5.41) is 0. The van der Waals surface area contributed by atoms with Gasteiger partial charge in [0.1, 0.15) is 0 Å². The summed E-state index contributed by atoms with van der Waals surface area (Å²) in [5.41, 5.74) is 1.66. The van der Waals surface area contributed by atoms with E-state index in [2.05, 4.69) is 31.2 Å². The Morgan fingerprint density at radius 2 is 1.40 bits per heavy atom. The van der Waals surface area contributed by atoms with E-state index in [1.807, 2.05) is 26.8 Å². The van der Waals surface area contributed by atoms with E-state index in [1.54, 1.807) is 0 Å². The van der Waals surface area contributed by atoms with Gasteiger partial charge in [-0.1, -0.05) is 37.3 Å². The summed E-state index contributed by atoms with van der Waals surface area (Å²) in [5.74, 6) is 0. The summed E-state index contributed by atoms with van der Waals surface area (Å²) in [6.45, 7) is 10.1. The molecule has 0 heterocycles. The molecule has 4 heteroatoms. The molecule has 1 rings (SSSR count). The highest BCUT2D eigenvalue weighted by molar-refractivity contribution is 6.62. The third kappa shape index (κ3) is 5.02. The fraction of sp³-hybridized carbons (Fsp3) is 0.625. The van der Waals surface area contributed by atoms with E-state index < -0.39 is 8.80 Å². The molecule has 0 bridgehead atoms. The second kappa shape index (κ2) is 9.29. The average molecular weight is 296 g/mol. The maximum absolute atomic E-state index is 5.96. The molecule has 1 unspecified atom stereocenters. The molecule has 0 aliphatic heterocycles. The van der Waals surface area contributed by atoms with Crippen LogP contribution in [0.5, 0.6) is 0 Å². The van der Waals surface area contributed by atoms with Gasteiger partial charge in [-0.05, 0) is 39.2 Å². The first-order chi connectivity index (χ1) is 9.68. The Labute approximate surface area is 124 Å². The van der Waals surface area contributed by atoms with Gasteiger partial charge in [0.15, 0.2) is 0 Å². The Morgan fingerprint density at radius 3 is 1.85 bits per heavy atom. The van der Waals surface area contributed by atoms with Crippen LogP contribution in [0.3, 0.4) is 0 Å². The smallest absolute Gasteiger partial charge is 0.374 e. The highest BCUT2D eigenvalue weighted by atomic mass is 28.4. The minimum absolute atomic E-state index is 0.308. The highest BCUT2D eigenvalue weighted by Crippen LogP contribution is 2.30. The summed E-state index contributed by atoms with van der Waals surface area (Å²) >= 11 is 0. The van der Waals surface area contributed by atoms with Gasteiger partial charge in [0.2, 0.25) is 0 Å². The number of hydrogen-bond donors (Lipinski definition) is 0. The van der Waals surface area contributed by atoms with Crippen molar-refractivity contribution in [3.05, 3.63) is 35.9 Å². The molecule has 0 radical (unpaired) electrons. The molecular weight excluding hydrogens is 268 g/mol. The van der Waals surface area contributed by atoms with Crippen molar-refractivity contribution in [1.82, 2.24) is 0 Å². The predicted octanol–water partition coefficient (Wildman–Crippen LogP) is 4.06. The lowest BCUT2D eigenvalue weighted by atomic mass is 10.1. The summed E-state index contributed by atoms with van der Waals surface area (Å²) in [6.07, 6.45) is 2.06. The molecule has 0 amide bonds. The van der Waals surface area contributed by atoms with Crippen LogP contribution >= 0.6 is 0 Å². The van der Waals surface area contributed by atoms with Gasteiger partial charge in [-0.3, -0.25) is 0 Å². The van der Waals surface area contributed by atoms with Gasteiger partial charge in [0.05, 0.1) is 0 Å². The Balaban J connectivity index is 2.68. The Kier molecular flexibility index (Phi) is 8.07. The van der Waals surface area contributed by atoms with Crippen LogP contribution < -0.4 is 0 Å². The molecule has 20 heavy (non-hydrogen) atoms. The topological polar surface area (TPSA) is 27.7 Å². The lowest BCUT2D eigenvalue weighted by molar-refractivity contribution is 0.0615. The van der Waals surface area contributed by atoms with E-state index in [0.29, 0.717) is 25.4 Å². The Hall–Kier alpha value is -0.683. The molecule has 114 valence electrons. The zero-order chi connectivity index (χ0) is 14.8. The van der Waals surface area contributed by atoms with E-state index >= 15 is 0 Å². The van der Waals surface area contributed by atoms with Gasteiger partial charge in [0.25, 0.3) is 0 Å². The summed E-state index contributed by atoms with van der Waals surface area (Å²) in [6, 6.07) is 10.5. The average Bonchev–Trinajstić information content (AvgIpc) is 2.46. The quantitative estimate of drug-likeness (QED) is 0.609. The normalized spacial score (nSPS) is 13.4. The maximum atomic E-state index is 5.96. The van der Waals surface area contributed by atoms with E-state index in [4.69, 9.17) is 13.3 Å². The molecule has 1 atom stereocenters. The maximum Gasteiger partial charge on any atom is 0.503 e. The van der Waals surface area contributed by atoms with Crippen molar-refractivity contribution >= 4 is 8.80 Å². The SMILES string of the molecule is CCO[Si](OCC)(OCC)C(C)CCc1ccccc1. The van der Waals surface area contributed by atoms with Gasteiger partial charge in [-0.15, -0.1) is 0 Å². The van der Waals surface area contributed by atoms with Crippen molar-refractivity contribution in [3.8, 4) is 0 Å². The van der Waals surface area contributed by atoms with Crippen molar-refractivity contribution in [2.24, 2.45) is 0 Å². The van der Waals surface area contributed by atoms with Crippen LogP contribution in [-0.2, 0) is 19.7 Å². The first kappa shape index (κ1) is 17.4. The van der Waals surface area contributed by atoms with Crippen molar-refractivity contribution in [2.45, 2.75) is 46.1 Å². The summed E-state index contributed by atoms with van der Waals surface area (Å²) < 4.78 is 17.9. The van der Waals surface area contributed by atoms with Gasteiger partial charge >= 0.3 is 8.80 Å². The van der Waals surface area contributed by atoms with Crippen LogP contribution in [-0.4, -0.2) is 28.6 Å².